The van der Waals surface area contributed by atoms with Crippen LogP contribution in [0.1, 0.15) is 12.0 Å². The van der Waals surface area contributed by atoms with Crippen LogP contribution in [-0.2, 0) is 6.42 Å². The Morgan fingerprint density at radius 2 is 1.80 bits per heavy atom. The number of hydrogen-bond acceptors (Lipinski definition) is 2. The van der Waals surface area contributed by atoms with Crippen LogP contribution in [0, 0.1) is 5.82 Å². The Labute approximate surface area is 119 Å². The van der Waals surface area contributed by atoms with E-state index in [4.69, 9.17) is 4.74 Å². The molecule has 0 aliphatic rings. The van der Waals surface area contributed by atoms with Crippen LogP contribution in [0.5, 0.6) is 11.5 Å². The Morgan fingerprint density at radius 1 is 1.05 bits per heavy atom. The summed E-state index contributed by atoms with van der Waals surface area (Å²) in [6.45, 7) is 1.00. The Kier molecular flexibility index (Phi) is 5.13. The first-order chi connectivity index (χ1) is 9.65. The third-order valence-electron chi connectivity index (χ3n) is 3.05. The highest BCUT2D eigenvalue weighted by Gasteiger charge is 2.07. The van der Waals surface area contributed by atoms with Crippen LogP contribution in [-0.4, -0.2) is 25.5 Å². The largest absolute Gasteiger partial charge is 0.457 e. The molecule has 0 bridgehead atoms. The lowest BCUT2D eigenvalue weighted by Crippen LogP contribution is -2.13. The van der Waals surface area contributed by atoms with Crippen LogP contribution in [0.3, 0.4) is 0 Å². The predicted molar refractivity (Wildman–Crippen MR) is 79.8 cm³/mol. The van der Waals surface area contributed by atoms with Gasteiger partial charge in [-0.2, -0.15) is 0 Å². The Bertz CT molecular complexity index is 540. The van der Waals surface area contributed by atoms with Gasteiger partial charge in [-0.25, -0.2) is 4.39 Å². The van der Waals surface area contributed by atoms with Crippen LogP contribution < -0.4 is 4.74 Å². The first-order valence-electron chi connectivity index (χ1n) is 6.81. The minimum absolute atomic E-state index is 0.271. The molecule has 106 valence electrons. The monoisotopic (exact) mass is 273 g/mol. The van der Waals surface area contributed by atoms with Crippen molar-refractivity contribution in [1.29, 1.82) is 0 Å². The lowest BCUT2D eigenvalue weighted by Gasteiger charge is -2.13. The molecule has 0 N–H and O–H groups in total. The third kappa shape index (κ3) is 4.35. The van der Waals surface area contributed by atoms with Crippen molar-refractivity contribution in [2.45, 2.75) is 12.8 Å². The molecule has 2 rings (SSSR count). The highest BCUT2D eigenvalue weighted by Crippen LogP contribution is 2.27. The molecule has 0 aliphatic carbocycles. The minimum Gasteiger partial charge on any atom is -0.457 e. The average molecular weight is 273 g/mol. The quantitative estimate of drug-likeness (QED) is 0.785. The molecule has 0 aromatic heterocycles. The standard InChI is InChI=1S/C17H20FNO/c1-19(2)12-6-7-14-10-11-15(18)13-17(14)20-16-8-4-3-5-9-16/h3-5,8-11,13H,6-7,12H2,1-2H3. The molecule has 0 unspecified atom stereocenters. The van der Waals surface area contributed by atoms with Crippen molar-refractivity contribution in [2.24, 2.45) is 0 Å². The fourth-order valence-corrected chi connectivity index (χ4v) is 2.03. The summed E-state index contributed by atoms with van der Waals surface area (Å²) in [5, 5.41) is 0. The molecule has 20 heavy (non-hydrogen) atoms. The topological polar surface area (TPSA) is 12.5 Å². The van der Waals surface area contributed by atoms with E-state index in [0.29, 0.717) is 5.75 Å². The van der Waals surface area contributed by atoms with E-state index in [1.807, 2.05) is 50.5 Å². The molecular formula is C17H20FNO. The first kappa shape index (κ1) is 14.5. The molecule has 0 fully saturated rings. The van der Waals surface area contributed by atoms with Gasteiger partial charge < -0.3 is 9.64 Å². The molecule has 0 atom stereocenters. The summed E-state index contributed by atoms with van der Waals surface area (Å²) in [5.41, 5.74) is 1.04. The van der Waals surface area contributed by atoms with E-state index < -0.39 is 0 Å². The normalized spacial score (nSPS) is 10.8. The summed E-state index contributed by atoms with van der Waals surface area (Å²) in [7, 11) is 4.10. The van der Waals surface area contributed by atoms with Crippen molar-refractivity contribution in [3.63, 3.8) is 0 Å². The van der Waals surface area contributed by atoms with E-state index in [2.05, 4.69) is 4.90 Å². The van der Waals surface area contributed by atoms with Crippen LogP contribution in [0.25, 0.3) is 0 Å². The van der Waals surface area contributed by atoms with Gasteiger partial charge in [-0.05, 0) is 57.2 Å². The third-order valence-corrected chi connectivity index (χ3v) is 3.05. The van der Waals surface area contributed by atoms with Gasteiger partial charge in [0.15, 0.2) is 0 Å². The first-order valence-corrected chi connectivity index (χ1v) is 6.81. The number of rotatable bonds is 6. The van der Waals surface area contributed by atoms with Gasteiger partial charge in [0.05, 0.1) is 0 Å². The second kappa shape index (κ2) is 7.06. The molecule has 0 aliphatic heterocycles. The van der Waals surface area contributed by atoms with E-state index in [9.17, 15) is 4.39 Å². The number of nitrogens with zero attached hydrogens (tertiary/aromatic N) is 1. The molecule has 2 aromatic rings. The van der Waals surface area contributed by atoms with Gasteiger partial charge in [-0.3, -0.25) is 0 Å². The van der Waals surface area contributed by atoms with Gasteiger partial charge in [0.1, 0.15) is 17.3 Å². The second-order valence-corrected chi connectivity index (χ2v) is 5.07. The lowest BCUT2D eigenvalue weighted by atomic mass is 10.1. The molecule has 3 heteroatoms. The Morgan fingerprint density at radius 3 is 2.50 bits per heavy atom. The highest BCUT2D eigenvalue weighted by molar-refractivity contribution is 5.38. The van der Waals surface area contributed by atoms with Crippen molar-refractivity contribution >= 4 is 0 Å². The Balaban J connectivity index is 2.11. The number of benzene rings is 2. The van der Waals surface area contributed by atoms with Crippen LogP contribution in [0.2, 0.25) is 0 Å². The second-order valence-electron chi connectivity index (χ2n) is 5.07. The summed E-state index contributed by atoms with van der Waals surface area (Å²) >= 11 is 0. The number of para-hydroxylation sites is 1. The van der Waals surface area contributed by atoms with Crippen molar-refractivity contribution in [3.8, 4) is 11.5 Å². The maximum absolute atomic E-state index is 13.4. The van der Waals surface area contributed by atoms with Gasteiger partial charge in [0.25, 0.3) is 0 Å². The van der Waals surface area contributed by atoms with Crippen molar-refractivity contribution in [3.05, 3.63) is 59.9 Å². The highest BCUT2D eigenvalue weighted by atomic mass is 19.1. The molecule has 0 saturated carbocycles. The van der Waals surface area contributed by atoms with Crippen molar-refractivity contribution < 1.29 is 9.13 Å². The number of aryl methyl sites for hydroxylation is 1. The number of hydrogen-bond donors (Lipinski definition) is 0. The van der Waals surface area contributed by atoms with Gasteiger partial charge in [-0.1, -0.05) is 24.3 Å². The summed E-state index contributed by atoms with van der Waals surface area (Å²) < 4.78 is 19.2. The average Bonchev–Trinajstić information content (AvgIpc) is 2.42. The van der Waals surface area contributed by atoms with Crippen LogP contribution in [0.4, 0.5) is 4.39 Å². The smallest absolute Gasteiger partial charge is 0.133 e. The fraction of sp³-hybridized carbons (Fsp3) is 0.294. The van der Waals surface area contributed by atoms with Gasteiger partial charge in [0, 0.05) is 6.07 Å². The zero-order chi connectivity index (χ0) is 14.4. The molecule has 2 aromatic carbocycles. The fourth-order valence-electron chi connectivity index (χ4n) is 2.03. The summed E-state index contributed by atoms with van der Waals surface area (Å²) in [6.07, 6.45) is 1.89. The molecule has 0 radical (unpaired) electrons. The predicted octanol–water partition coefficient (Wildman–Crippen LogP) is 4.11. The van der Waals surface area contributed by atoms with Crippen molar-refractivity contribution in [2.75, 3.05) is 20.6 Å². The van der Waals surface area contributed by atoms with E-state index in [1.54, 1.807) is 0 Å². The number of halogens is 1. The zero-order valence-electron chi connectivity index (χ0n) is 12.0. The van der Waals surface area contributed by atoms with E-state index >= 15 is 0 Å². The summed E-state index contributed by atoms with van der Waals surface area (Å²) in [6, 6.07) is 14.2. The lowest BCUT2D eigenvalue weighted by molar-refractivity contribution is 0.398. The van der Waals surface area contributed by atoms with Gasteiger partial charge in [0.2, 0.25) is 0 Å². The molecular weight excluding hydrogens is 253 g/mol. The van der Waals surface area contributed by atoms with Crippen LogP contribution in [0.15, 0.2) is 48.5 Å². The van der Waals surface area contributed by atoms with Gasteiger partial charge >= 0.3 is 0 Å². The number of ether oxygens (including phenoxy) is 1. The molecule has 0 heterocycles. The minimum atomic E-state index is -0.271. The molecule has 0 spiro atoms. The SMILES string of the molecule is CN(C)CCCc1ccc(F)cc1Oc1ccccc1. The molecule has 0 saturated heterocycles. The van der Waals surface area contributed by atoms with Gasteiger partial charge in [-0.15, -0.1) is 0 Å². The van der Waals surface area contributed by atoms with E-state index in [-0.39, 0.29) is 5.82 Å². The molecule has 2 nitrogen and oxygen atoms in total. The zero-order valence-corrected chi connectivity index (χ0v) is 12.0. The summed E-state index contributed by atoms with van der Waals surface area (Å²) in [4.78, 5) is 2.14. The van der Waals surface area contributed by atoms with E-state index in [1.165, 1.54) is 12.1 Å². The maximum atomic E-state index is 13.4. The summed E-state index contributed by atoms with van der Waals surface area (Å²) in [5.74, 6) is 1.06. The molecule has 0 amide bonds. The maximum Gasteiger partial charge on any atom is 0.133 e. The Hall–Kier alpha value is -1.87. The van der Waals surface area contributed by atoms with Crippen LogP contribution >= 0.6 is 0 Å². The van der Waals surface area contributed by atoms with E-state index in [0.717, 1.165) is 30.7 Å². The van der Waals surface area contributed by atoms with Crippen molar-refractivity contribution in [1.82, 2.24) is 4.90 Å².